The summed E-state index contributed by atoms with van der Waals surface area (Å²) in [6.07, 6.45) is 30.4. The first-order valence-corrected chi connectivity index (χ1v) is 17.9. The van der Waals surface area contributed by atoms with E-state index >= 15 is 0 Å². The number of hydrogen-bond acceptors (Lipinski definition) is 2. The Morgan fingerprint density at radius 1 is 0.612 bits per heavy atom. The molecular weight excluding hydrogens is 593 g/mol. The van der Waals surface area contributed by atoms with Crippen LogP contribution in [-0.2, 0) is 0 Å². The lowest BCUT2D eigenvalue weighted by Gasteiger charge is -2.40. The highest BCUT2D eigenvalue weighted by Crippen LogP contribution is 2.41. The SMILES string of the molecule is Cc1cc(N(C2=CC=CC=CC2)C2=c3ccccc3=CCC2)ccc1-c1ccc(N(c2ccccc2)C2C=CC=C3CCC=CC32)cc1C. The molecule has 4 aliphatic carbocycles. The number of nitrogens with zero attached hydrogens (tertiary/aromatic N) is 2. The van der Waals surface area contributed by atoms with E-state index in [-0.39, 0.29) is 6.04 Å². The van der Waals surface area contributed by atoms with Gasteiger partial charge in [-0.05, 0) is 109 Å². The molecule has 242 valence electrons. The van der Waals surface area contributed by atoms with Gasteiger partial charge in [-0.3, -0.25) is 0 Å². The first-order chi connectivity index (χ1) is 24.2. The highest BCUT2D eigenvalue weighted by Gasteiger charge is 2.31. The van der Waals surface area contributed by atoms with E-state index in [0.717, 1.165) is 32.1 Å². The molecule has 0 bridgehead atoms. The number of anilines is 3. The maximum atomic E-state index is 2.54. The van der Waals surface area contributed by atoms with Gasteiger partial charge in [-0.1, -0.05) is 121 Å². The third-order valence-corrected chi connectivity index (χ3v) is 10.5. The fraction of sp³-hybridized carbons (Fsp3) is 0.191. The summed E-state index contributed by atoms with van der Waals surface area (Å²) in [6, 6.07) is 34.1. The minimum Gasteiger partial charge on any atom is -0.334 e. The lowest BCUT2D eigenvalue weighted by Crippen LogP contribution is -2.38. The molecule has 0 amide bonds. The number of hydrogen-bond donors (Lipinski definition) is 0. The second kappa shape index (κ2) is 13.6. The molecule has 0 aromatic heterocycles. The van der Waals surface area contributed by atoms with Crippen molar-refractivity contribution in [2.24, 2.45) is 5.92 Å². The van der Waals surface area contributed by atoms with E-state index in [0.29, 0.717) is 5.92 Å². The molecule has 4 aromatic rings. The van der Waals surface area contributed by atoms with Crippen LogP contribution in [-0.4, -0.2) is 6.04 Å². The van der Waals surface area contributed by atoms with E-state index in [1.807, 2.05) is 0 Å². The average molecular weight is 637 g/mol. The zero-order chi connectivity index (χ0) is 33.2. The highest BCUT2D eigenvalue weighted by atomic mass is 15.2. The fourth-order valence-corrected chi connectivity index (χ4v) is 8.14. The van der Waals surface area contributed by atoms with Crippen LogP contribution in [0.4, 0.5) is 17.1 Å². The van der Waals surface area contributed by atoms with Crippen molar-refractivity contribution in [3.8, 4) is 11.1 Å². The molecular formula is C47H44N2. The van der Waals surface area contributed by atoms with Crippen molar-refractivity contribution >= 4 is 28.8 Å². The largest absolute Gasteiger partial charge is 0.334 e. The second-order valence-electron chi connectivity index (χ2n) is 13.6. The Morgan fingerprint density at radius 2 is 1.39 bits per heavy atom. The second-order valence-corrected chi connectivity index (χ2v) is 13.6. The lowest BCUT2D eigenvalue weighted by atomic mass is 9.80. The molecule has 0 fully saturated rings. The predicted octanol–water partition coefficient (Wildman–Crippen LogP) is 10.5. The molecule has 0 N–H and O–H groups in total. The maximum absolute atomic E-state index is 2.54. The molecule has 2 atom stereocenters. The molecule has 2 nitrogen and oxygen atoms in total. The lowest BCUT2D eigenvalue weighted by molar-refractivity contribution is 0.591. The van der Waals surface area contributed by atoms with Crippen LogP contribution in [0.15, 0.2) is 163 Å². The number of fused-ring (bicyclic) bond motifs is 2. The zero-order valence-corrected chi connectivity index (χ0v) is 28.6. The summed E-state index contributed by atoms with van der Waals surface area (Å²) in [4.78, 5) is 5.06. The van der Waals surface area contributed by atoms with Gasteiger partial charge in [0.2, 0.25) is 0 Å². The van der Waals surface area contributed by atoms with Gasteiger partial charge in [-0.15, -0.1) is 0 Å². The minimum absolute atomic E-state index is 0.235. The molecule has 2 unspecified atom stereocenters. The van der Waals surface area contributed by atoms with Crippen LogP contribution in [0.5, 0.6) is 0 Å². The molecule has 4 aliphatic rings. The van der Waals surface area contributed by atoms with Crippen LogP contribution in [0, 0.1) is 19.8 Å². The van der Waals surface area contributed by atoms with Crippen LogP contribution in [0.2, 0.25) is 0 Å². The molecule has 8 rings (SSSR count). The first kappa shape index (κ1) is 31.0. The van der Waals surface area contributed by atoms with Crippen molar-refractivity contribution in [3.05, 3.63) is 185 Å². The standard InChI is InChI=1S/C47H44N2/c1-34-32-40(48(38-20-6-3-4-7-21-38)46-26-14-18-36-16-10-12-24-44(36)46)28-30-42(34)43-31-29-41(33-35(43)2)49(39-22-8-5-9-23-39)47-27-15-19-37-17-11-13-25-45(37)47/h3-10,12-13,15-16,18-20,22-25,27-33,45,47H,11,14,17,21,26H2,1-2H3. The van der Waals surface area contributed by atoms with Gasteiger partial charge in [0.1, 0.15) is 0 Å². The number of allylic oxidation sites excluding steroid dienone is 8. The van der Waals surface area contributed by atoms with Crippen LogP contribution in [0.1, 0.15) is 43.2 Å². The van der Waals surface area contributed by atoms with Crippen molar-refractivity contribution in [1.82, 2.24) is 0 Å². The van der Waals surface area contributed by atoms with Crippen LogP contribution in [0.3, 0.4) is 0 Å². The van der Waals surface area contributed by atoms with E-state index < -0.39 is 0 Å². The smallest absolute Gasteiger partial charge is 0.0625 e. The van der Waals surface area contributed by atoms with E-state index in [1.54, 1.807) is 0 Å². The molecule has 0 saturated heterocycles. The molecule has 2 heteroatoms. The summed E-state index contributed by atoms with van der Waals surface area (Å²) < 4.78 is 0. The van der Waals surface area contributed by atoms with Crippen LogP contribution >= 0.6 is 0 Å². The van der Waals surface area contributed by atoms with Crippen molar-refractivity contribution < 1.29 is 0 Å². The monoisotopic (exact) mass is 636 g/mol. The maximum Gasteiger partial charge on any atom is 0.0625 e. The number of aryl methyl sites for hydroxylation is 2. The molecule has 4 aromatic carbocycles. The average Bonchev–Trinajstić information content (AvgIpc) is 3.43. The summed E-state index contributed by atoms with van der Waals surface area (Å²) in [7, 11) is 0. The van der Waals surface area contributed by atoms with Crippen molar-refractivity contribution in [3.63, 3.8) is 0 Å². The Kier molecular flexibility index (Phi) is 8.62. The van der Waals surface area contributed by atoms with Gasteiger partial charge in [0.25, 0.3) is 0 Å². The summed E-state index contributed by atoms with van der Waals surface area (Å²) >= 11 is 0. The normalized spacial score (nSPS) is 19.3. The number of rotatable bonds is 7. The van der Waals surface area contributed by atoms with Gasteiger partial charge < -0.3 is 9.80 Å². The summed E-state index contributed by atoms with van der Waals surface area (Å²) in [6.45, 7) is 4.54. The minimum atomic E-state index is 0.235. The van der Waals surface area contributed by atoms with Crippen LogP contribution < -0.4 is 20.2 Å². The number of benzene rings is 4. The topological polar surface area (TPSA) is 6.48 Å². The van der Waals surface area contributed by atoms with Crippen molar-refractivity contribution in [2.45, 2.75) is 52.0 Å². The zero-order valence-electron chi connectivity index (χ0n) is 28.6. The molecule has 0 saturated carbocycles. The van der Waals surface area contributed by atoms with Crippen molar-refractivity contribution in [2.75, 3.05) is 9.80 Å². The summed E-state index contributed by atoms with van der Waals surface area (Å²) in [5.74, 6) is 0.387. The highest BCUT2D eigenvalue weighted by molar-refractivity contribution is 5.81. The molecule has 0 radical (unpaired) electrons. The Hall–Kier alpha value is -5.34. The Bertz CT molecular complexity index is 2190. The van der Waals surface area contributed by atoms with E-state index in [9.17, 15) is 0 Å². The Labute approximate surface area is 291 Å². The predicted molar refractivity (Wildman–Crippen MR) is 209 cm³/mol. The summed E-state index contributed by atoms with van der Waals surface area (Å²) in [5, 5.41) is 2.67. The van der Waals surface area contributed by atoms with Gasteiger partial charge in [0, 0.05) is 46.0 Å². The molecule has 0 heterocycles. The van der Waals surface area contributed by atoms with Crippen LogP contribution in [0.25, 0.3) is 22.9 Å². The van der Waals surface area contributed by atoms with E-state index in [1.165, 1.54) is 66.7 Å². The van der Waals surface area contributed by atoms with Gasteiger partial charge in [-0.2, -0.15) is 0 Å². The number of para-hydroxylation sites is 1. The summed E-state index contributed by atoms with van der Waals surface area (Å²) in [5.41, 5.74) is 13.0. The fourth-order valence-electron chi connectivity index (χ4n) is 8.14. The van der Waals surface area contributed by atoms with Gasteiger partial charge in [0.15, 0.2) is 0 Å². The first-order valence-electron chi connectivity index (χ1n) is 17.9. The third kappa shape index (κ3) is 6.08. The molecule has 49 heavy (non-hydrogen) atoms. The Morgan fingerprint density at radius 3 is 2.22 bits per heavy atom. The van der Waals surface area contributed by atoms with Crippen molar-refractivity contribution in [1.29, 1.82) is 0 Å². The van der Waals surface area contributed by atoms with Gasteiger partial charge in [-0.25, -0.2) is 0 Å². The Balaban J connectivity index is 1.18. The molecule has 0 spiro atoms. The van der Waals surface area contributed by atoms with Gasteiger partial charge >= 0.3 is 0 Å². The molecule has 0 aliphatic heterocycles. The van der Waals surface area contributed by atoms with E-state index in [4.69, 9.17) is 0 Å². The third-order valence-electron chi connectivity index (χ3n) is 10.5. The van der Waals surface area contributed by atoms with E-state index in [2.05, 4.69) is 181 Å². The van der Waals surface area contributed by atoms with Gasteiger partial charge in [0.05, 0.1) is 6.04 Å². The quantitative estimate of drug-likeness (QED) is 0.186.